The molecule has 0 saturated heterocycles. The van der Waals surface area contributed by atoms with Crippen LogP contribution in [-0.4, -0.2) is 39.3 Å². The Hall–Kier alpha value is -1.75. The van der Waals surface area contributed by atoms with Crippen molar-refractivity contribution in [2.45, 2.75) is 20.4 Å². The first-order chi connectivity index (χ1) is 7.99. The van der Waals surface area contributed by atoms with Crippen LogP contribution in [0.5, 0.6) is 11.5 Å². The van der Waals surface area contributed by atoms with Crippen molar-refractivity contribution in [1.29, 1.82) is 0 Å². The molecule has 0 spiro atoms. The summed E-state index contributed by atoms with van der Waals surface area (Å²) in [5.41, 5.74) is 0.397. The van der Waals surface area contributed by atoms with Gasteiger partial charge in [0, 0.05) is 12.1 Å². The van der Waals surface area contributed by atoms with Crippen LogP contribution in [0.3, 0.4) is 0 Å². The second kappa shape index (κ2) is 5.54. The molecule has 0 bridgehead atoms. The van der Waals surface area contributed by atoms with Gasteiger partial charge in [-0.15, -0.1) is 0 Å². The van der Waals surface area contributed by atoms with Crippen LogP contribution in [0.1, 0.15) is 29.8 Å². The Morgan fingerprint density at radius 2 is 1.82 bits per heavy atom. The molecule has 0 atom stereocenters. The van der Waals surface area contributed by atoms with Gasteiger partial charge in [0.1, 0.15) is 0 Å². The fourth-order valence-electron chi connectivity index (χ4n) is 1.61. The Morgan fingerprint density at radius 3 is 2.29 bits per heavy atom. The van der Waals surface area contributed by atoms with Crippen LogP contribution in [0.4, 0.5) is 0 Å². The van der Waals surface area contributed by atoms with Gasteiger partial charge < -0.3 is 15.3 Å². The van der Waals surface area contributed by atoms with Crippen LogP contribution >= 0.6 is 0 Å². The van der Waals surface area contributed by atoms with Crippen LogP contribution < -0.4 is 0 Å². The number of nitrogens with zero attached hydrogens (tertiary/aromatic N) is 1. The molecule has 0 fully saturated rings. The zero-order valence-corrected chi connectivity index (χ0v) is 9.97. The first-order valence-corrected chi connectivity index (χ1v) is 5.50. The van der Waals surface area contributed by atoms with E-state index in [9.17, 15) is 15.0 Å². The van der Waals surface area contributed by atoms with Gasteiger partial charge in [-0.3, -0.25) is 4.90 Å². The molecule has 0 saturated carbocycles. The summed E-state index contributed by atoms with van der Waals surface area (Å²) in [6, 6.07) is 2.43. The highest BCUT2D eigenvalue weighted by atomic mass is 16.4. The van der Waals surface area contributed by atoms with Crippen LogP contribution in [0.15, 0.2) is 12.1 Å². The molecule has 1 aromatic rings. The minimum Gasteiger partial charge on any atom is -0.504 e. The molecule has 5 heteroatoms. The zero-order valence-electron chi connectivity index (χ0n) is 9.97. The third kappa shape index (κ3) is 3.10. The van der Waals surface area contributed by atoms with Crippen molar-refractivity contribution in [3.05, 3.63) is 23.3 Å². The Labute approximate surface area is 99.9 Å². The average molecular weight is 239 g/mol. The highest BCUT2D eigenvalue weighted by Crippen LogP contribution is 2.31. The fourth-order valence-corrected chi connectivity index (χ4v) is 1.61. The van der Waals surface area contributed by atoms with E-state index in [1.165, 1.54) is 6.07 Å². The Balaban J connectivity index is 3.09. The third-order valence-electron chi connectivity index (χ3n) is 2.70. The number of aromatic carboxylic acids is 1. The summed E-state index contributed by atoms with van der Waals surface area (Å²) in [5.74, 6) is -1.77. The number of carbonyl (C=O) groups is 1. The summed E-state index contributed by atoms with van der Waals surface area (Å²) < 4.78 is 0. The lowest BCUT2D eigenvalue weighted by atomic mass is 10.1. The van der Waals surface area contributed by atoms with Crippen molar-refractivity contribution in [2.24, 2.45) is 0 Å². The van der Waals surface area contributed by atoms with Gasteiger partial charge in [0.15, 0.2) is 11.5 Å². The number of aromatic hydroxyl groups is 2. The largest absolute Gasteiger partial charge is 0.504 e. The molecule has 0 radical (unpaired) electrons. The van der Waals surface area contributed by atoms with E-state index in [0.717, 1.165) is 19.2 Å². The summed E-state index contributed by atoms with van der Waals surface area (Å²) in [4.78, 5) is 12.8. The van der Waals surface area contributed by atoms with Crippen LogP contribution in [-0.2, 0) is 6.54 Å². The van der Waals surface area contributed by atoms with Crippen molar-refractivity contribution in [3.63, 3.8) is 0 Å². The molecule has 0 amide bonds. The molecular weight excluding hydrogens is 222 g/mol. The number of hydrogen-bond donors (Lipinski definition) is 3. The second-order valence-corrected chi connectivity index (χ2v) is 3.77. The normalized spacial score (nSPS) is 10.8. The lowest BCUT2D eigenvalue weighted by molar-refractivity contribution is 0.0696. The van der Waals surface area contributed by atoms with E-state index >= 15 is 0 Å². The summed E-state index contributed by atoms with van der Waals surface area (Å²) >= 11 is 0. The summed E-state index contributed by atoms with van der Waals surface area (Å²) in [6.07, 6.45) is 0. The average Bonchev–Trinajstić information content (AvgIpc) is 2.30. The number of carboxylic acid groups (broad SMARTS) is 1. The molecule has 0 aromatic heterocycles. The molecule has 5 nitrogen and oxygen atoms in total. The van der Waals surface area contributed by atoms with Gasteiger partial charge in [0.25, 0.3) is 0 Å². The number of carboxylic acids is 1. The van der Waals surface area contributed by atoms with E-state index in [2.05, 4.69) is 0 Å². The second-order valence-electron chi connectivity index (χ2n) is 3.77. The number of benzene rings is 1. The topological polar surface area (TPSA) is 81.0 Å². The van der Waals surface area contributed by atoms with E-state index in [1.54, 1.807) is 0 Å². The Morgan fingerprint density at radius 1 is 1.24 bits per heavy atom. The molecule has 0 aliphatic rings. The summed E-state index contributed by atoms with van der Waals surface area (Å²) in [6.45, 7) is 5.93. The number of phenols is 2. The van der Waals surface area contributed by atoms with Crippen molar-refractivity contribution in [3.8, 4) is 11.5 Å². The molecule has 0 aliphatic carbocycles. The lowest BCUT2D eigenvalue weighted by Crippen LogP contribution is -2.22. The van der Waals surface area contributed by atoms with Crippen molar-refractivity contribution >= 4 is 5.97 Å². The minimum atomic E-state index is -1.12. The Bertz CT molecular complexity index is 413. The number of hydrogen-bond acceptors (Lipinski definition) is 4. The van der Waals surface area contributed by atoms with Crippen molar-refractivity contribution in [1.82, 2.24) is 4.90 Å². The maximum Gasteiger partial charge on any atom is 0.335 e. The first-order valence-electron chi connectivity index (χ1n) is 5.50. The first kappa shape index (κ1) is 13.3. The molecule has 3 N–H and O–H groups in total. The molecule has 0 unspecified atom stereocenters. The van der Waals surface area contributed by atoms with Gasteiger partial charge in [-0.1, -0.05) is 13.8 Å². The maximum absolute atomic E-state index is 10.8. The molecule has 94 valence electrons. The molecule has 0 heterocycles. The summed E-state index contributed by atoms with van der Waals surface area (Å²) in [7, 11) is 0. The maximum atomic E-state index is 10.8. The predicted molar refractivity (Wildman–Crippen MR) is 63.4 cm³/mol. The van der Waals surface area contributed by atoms with Gasteiger partial charge in [0.2, 0.25) is 0 Å². The van der Waals surface area contributed by atoms with Crippen molar-refractivity contribution in [2.75, 3.05) is 13.1 Å². The molecular formula is C12H17NO4. The monoisotopic (exact) mass is 239 g/mol. The van der Waals surface area contributed by atoms with Gasteiger partial charge >= 0.3 is 5.97 Å². The van der Waals surface area contributed by atoms with E-state index in [0.29, 0.717) is 12.1 Å². The molecule has 1 rings (SSSR count). The fraction of sp³-hybridized carbons (Fsp3) is 0.417. The van der Waals surface area contributed by atoms with E-state index in [4.69, 9.17) is 5.11 Å². The van der Waals surface area contributed by atoms with E-state index in [1.807, 2.05) is 18.7 Å². The quantitative estimate of drug-likeness (QED) is 0.680. The van der Waals surface area contributed by atoms with Crippen molar-refractivity contribution < 1.29 is 20.1 Å². The van der Waals surface area contributed by atoms with Crippen LogP contribution in [0, 0.1) is 0 Å². The van der Waals surface area contributed by atoms with E-state index < -0.39 is 11.7 Å². The van der Waals surface area contributed by atoms with E-state index in [-0.39, 0.29) is 11.3 Å². The summed E-state index contributed by atoms with van der Waals surface area (Å²) in [5, 5.41) is 28.0. The highest BCUT2D eigenvalue weighted by molar-refractivity contribution is 5.88. The van der Waals surface area contributed by atoms with Gasteiger partial charge in [-0.05, 0) is 25.2 Å². The van der Waals surface area contributed by atoms with Crippen LogP contribution in [0.2, 0.25) is 0 Å². The van der Waals surface area contributed by atoms with Gasteiger partial charge in [0.05, 0.1) is 5.56 Å². The lowest BCUT2D eigenvalue weighted by Gasteiger charge is -2.19. The SMILES string of the molecule is CCN(CC)Cc1cc(C(=O)O)cc(O)c1O. The predicted octanol–water partition coefficient (Wildman–Crippen LogP) is 1.64. The molecule has 0 aliphatic heterocycles. The highest BCUT2D eigenvalue weighted by Gasteiger charge is 2.14. The zero-order chi connectivity index (χ0) is 13.0. The van der Waals surface area contributed by atoms with Gasteiger partial charge in [-0.2, -0.15) is 0 Å². The number of phenolic OH excluding ortho intramolecular Hbond substituents is 2. The van der Waals surface area contributed by atoms with Gasteiger partial charge in [-0.25, -0.2) is 4.79 Å². The molecule has 17 heavy (non-hydrogen) atoms. The van der Waals surface area contributed by atoms with Crippen LogP contribution in [0.25, 0.3) is 0 Å². The minimum absolute atomic E-state index is 0.0255. The molecule has 1 aromatic carbocycles. The smallest absolute Gasteiger partial charge is 0.335 e. The third-order valence-corrected chi connectivity index (χ3v) is 2.70. The Kier molecular flexibility index (Phi) is 4.34. The number of rotatable bonds is 5. The standard InChI is InChI=1S/C12H17NO4/c1-3-13(4-2)7-9-5-8(12(16)17)6-10(14)11(9)15/h5-6,14-15H,3-4,7H2,1-2H3,(H,16,17).